The molecule has 10 rings (SSSR count). The van der Waals surface area contributed by atoms with Gasteiger partial charge in [0, 0.05) is 56.2 Å². The molecule has 0 atom stereocenters. The SMILES string of the molecule is c1ccc(-c2nc(-c3cc(-c4cccnc4)cc(-c4ccc5oc6ccccc6c5c4)c3)nc(-c3ccc4oc5ccccc5c4c3)n2)cc1. The molecule has 6 nitrogen and oxygen atoms in total. The van der Waals surface area contributed by atoms with Crippen molar-refractivity contribution in [1.29, 1.82) is 0 Å². The predicted molar refractivity (Wildman–Crippen MR) is 199 cm³/mol. The number of aromatic nitrogens is 4. The Morgan fingerprint density at radius 2 is 0.820 bits per heavy atom. The molecule has 0 spiro atoms. The molecule has 10 aromatic rings. The van der Waals surface area contributed by atoms with Gasteiger partial charge in [-0.15, -0.1) is 0 Å². The van der Waals surface area contributed by atoms with Gasteiger partial charge in [0.05, 0.1) is 0 Å². The molecule has 0 N–H and O–H groups in total. The van der Waals surface area contributed by atoms with Gasteiger partial charge >= 0.3 is 0 Å². The van der Waals surface area contributed by atoms with Crippen molar-refractivity contribution in [3.05, 3.63) is 158 Å². The highest BCUT2D eigenvalue weighted by molar-refractivity contribution is 6.07. The maximum absolute atomic E-state index is 6.14. The van der Waals surface area contributed by atoms with E-state index in [1.54, 1.807) is 6.20 Å². The normalized spacial score (nSPS) is 11.6. The molecule has 0 saturated carbocycles. The lowest BCUT2D eigenvalue weighted by atomic mass is 9.95. The molecule has 6 aromatic carbocycles. The van der Waals surface area contributed by atoms with Crippen LogP contribution in [0.2, 0.25) is 0 Å². The fourth-order valence-corrected chi connectivity index (χ4v) is 6.74. The van der Waals surface area contributed by atoms with Gasteiger partial charge in [-0.3, -0.25) is 4.98 Å². The van der Waals surface area contributed by atoms with E-state index in [0.717, 1.165) is 82.8 Å². The fraction of sp³-hybridized carbons (Fsp3) is 0. The van der Waals surface area contributed by atoms with E-state index in [1.165, 1.54) is 0 Å². The second kappa shape index (κ2) is 11.4. The summed E-state index contributed by atoms with van der Waals surface area (Å²) in [6, 6.07) is 49.2. The third-order valence-corrected chi connectivity index (χ3v) is 9.20. The highest BCUT2D eigenvalue weighted by Crippen LogP contribution is 2.37. The second-order valence-corrected chi connectivity index (χ2v) is 12.3. The van der Waals surface area contributed by atoms with Gasteiger partial charge in [-0.1, -0.05) is 78.9 Å². The first kappa shape index (κ1) is 28.1. The van der Waals surface area contributed by atoms with Crippen LogP contribution >= 0.6 is 0 Å². The van der Waals surface area contributed by atoms with Gasteiger partial charge in [0.2, 0.25) is 0 Å². The number of rotatable bonds is 5. The van der Waals surface area contributed by atoms with E-state index in [4.69, 9.17) is 23.8 Å². The zero-order chi connectivity index (χ0) is 33.0. The minimum Gasteiger partial charge on any atom is -0.456 e. The van der Waals surface area contributed by atoms with Gasteiger partial charge in [-0.2, -0.15) is 0 Å². The van der Waals surface area contributed by atoms with Crippen molar-refractivity contribution in [2.45, 2.75) is 0 Å². The van der Waals surface area contributed by atoms with Crippen LogP contribution in [0.4, 0.5) is 0 Å². The molecule has 0 aliphatic carbocycles. The minimum atomic E-state index is 0.577. The van der Waals surface area contributed by atoms with E-state index in [2.05, 4.69) is 59.6 Å². The Labute approximate surface area is 286 Å². The first-order chi connectivity index (χ1) is 24.7. The average Bonchev–Trinajstić information content (AvgIpc) is 3.76. The summed E-state index contributed by atoms with van der Waals surface area (Å²) in [7, 11) is 0. The van der Waals surface area contributed by atoms with E-state index >= 15 is 0 Å². The molecule has 50 heavy (non-hydrogen) atoms. The molecule has 6 heteroatoms. The van der Waals surface area contributed by atoms with Crippen LogP contribution in [0.3, 0.4) is 0 Å². The Morgan fingerprint density at radius 1 is 0.320 bits per heavy atom. The molecule has 0 aliphatic rings. The molecular formula is C44H26N4O2. The van der Waals surface area contributed by atoms with E-state index in [0.29, 0.717) is 17.5 Å². The number of benzene rings is 6. The largest absolute Gasteiger partial charge is 0.456 e. The summed E-state index contributed by atoms with van der Waals surface area (Å²) in [5.74, 6) is 1.76. The van der Waals surface area contributed by atoms with E-state index in [1.807, 2.05) is 97.2 Å². The summed E-state index contributed by atoms with van der Waals surface area (Å²) in [5, 5.41) is 4.23. The standard InChI is InChI=1S/C44H26N4O2/c1-2-9-27(10-3-1)42-46-43(29-17-19-41-37(25-29)35-13-5-7-15-39(35)50-41)48-44(47-42)33-22-31(21-32(23-33)30-11-8-20-45-26-30)28-16-18-40-36(24-28)34-12-4-6-14-38(34)49-40/h1-26H. The van der Waals surface area contributed by atoms with Gasteiger partial charge in [0.1, 0.15) is 22.3 Å². The lowest BCUT2D eigenvalue weighted by Crippen LogP contribution is -2.00. The maximum atomic E-state index is 6.14. The summed E-state index contributed by atoms with van der Waals surface area (Å²) >= 11 is 0. The second-order valence-electron chi connectivity index (χ2n) is 12.3. The zero-order valence-electron chi connectivity index (χ0n) is 26.6. The first-order valence-corrected chi connectivity index (χ1v) is 16.4. The molecular weight excluding hydrogens is 617 g/mol. The number of hydrogen-bond donors (Lipinski definition) is 0. The van der Waals surface area contributed by atoms with Crippen LogP contribution in [0, 0.1) is 0 Å². The first-order valence-electron chi connectivity index (χ1n) is 16.4. The number of fused-ring (bicyclic) bond motifs is 6. The molecule has 234 valence electrons. The van der Waals surface area contributed by atoms with Crippen molar-refractivity contribution in [3.63, 3.8) is 0 Å². The van der Waals surface area contributed by atoms with Crippen LogP contribution in [-0.2, 0) is 0 Å². The lowest BCUT2D eigenvalue weighted by molar-refractivity contribution is 0.668. The number of para-hydroxylation sites is 2. The Bertz CT molecular complexity index is 2680. The summed E-state index contributed by atoms with van der Waals surface area (Å²) in [6.07, 6.45) is 3.67. The van der Waals surface area contributed by atoms with Crippen molar-refractivity contribution in [1.82, 2.24) is 19.9 Å². The van der Waals surface area contributed by atoms with Gasteiger partial charge in [0.25, 0.3) is 0 Å². The van der Waals surface area contributed by atoms with Crippen LogP contribution in [0.1, 0.15) is 0 Å². The van der Waals surface area contributed by atoms with Gasteiger partial charge in [-0.25, -0.2) is 15.0 Å². The Hall–Kier alpha value is -6.92. The molecule has 0 aliphatic heterocycles. The summed E-state index contributed by atoms with van der Waals surface area (Å²) < 4.78 is 12.3. The fourth-order valence-electron chi connectivity index (χ4n) is 6.74. The Morgan fingerprint density at radius 3 is 1.48 bits per heavy atom. The van der Waals surface area contributed by atoms with Crippen LogP contribution in [0.25, 0.3) is 100 Å². The maximum Gasteiger partial charge on any atom is 0.164 e. The number of nitrogens with zero attached hydrogens (tertiary/aromatic N) is 4. The molecule has 0 amide bonds. The van der Waals surface area contributed by atoms with Crippen LogP contribution < -0.4 is 0 Å². The third kappa shape index (κ3) is 4.81. The molecule has 0 radical (unpaired) electrons. The average molecular weight is 643 g/mol. The summed E-state index contributed by atoms with van der Waals surface area (Å²) in [6.45, 7) is 0. The van der Waals surface area contributed by atoms with Crippen LogP contribution in [-0.4, -0.2) is 19.9 Å². The number of pyridine rings is 1. The highest BCUT2D eigenvalue weighted by Gasteiger charge is 2.17. The van der Waals surface area contributed by atoms with Crippen molar-refractivity contribution in [2.75, 3.05) is 0 Å². The zero-order valence-corrected chi connectivity index (χ0v) is 26.6. The van der Waals surface area contributed by atoms with Crippen LogP contribution in [0.5, 0.6) is 0 Å². The third-order valence-electron chi connectivity index (χ3n) is 9.20. The van der Waals surface area contributed by atoms with Gasteiger partial charge in [-0.05, 0) is 83.4 Å². The topological polar surface area (TPSA) is 77.8 Å². The molecule has 4 aromatic heterocycles. The molecule has 0 fully saturated rings. The van der Waals surface area contributed by atoms with Gasteiger partial charge in [0.15, 0.2) is 17.5 Å². The predicted octanol–water partition coefficient (Wildman–Crippen LogP) is 11.4. The van der Waals surface area contributed by atoms with Crippen LogP contribution in [0.15, 0.2) is 167 Å². The lowest BCUT2D eigenvalue weighted by Gasteiger charge is -2.12. The molecule has 0 unspecified atom stereocenters. The van der Waals surface area contributed by atoms with Crippen molar-refractivity contribution in [3.8, 4) is 56.4 Å². The summed E-state index contributed by atoms with van der Waals surface area (Å²) in [4.78, 5) is 19.7. The molecule has 0 saturated heterocycles. The highest BCUT2D eigenvalue weighted by atomic mass is 16.3. The van der Waals surface area contributed by atoms with Crippen molar-refractivity contribution < 1.29 is 8.83 Å². The quantitative estimate of drug-likeness (QED) is 0.186. The van der Waals surface area contributed by atoms with Crippen molar-refractivity contribution in [2.24, 2.45) is 0 Å². The van der Waals surface area contributed by atoms with E-state index in [-0.39, 0.29) is 0 Å². The number of furan rings is 2. The Kier molecular flexibility index (Phi) is 6.39. The van der Waals surface area contributed by atoms with E-state index < -0.39 is 0 Å². The minimum absolute atomic E-state index is 0.577. The molecule has 0 bridgehead atoms. The van der Waals surface area contributed by atoms with Crippen molar-refractivity contribution >= 4 is 43.9 Å². The number of hydrogen-bond acceptors (Lipinski definition) is 6. The molecule has 4 heterocycles. The monoisotopic (exact) mass is 642 g/mol. The smallest absolute Gasteiger partial charge is 0.164 e. The van der Waals surface area contributed by atoms with E-state index in [9.17, 15) is 0 Å². The summed E-state index contributed by atoms with van der Waals surface area (Å²) in [5.41, 5.74) is 10.2. The Balaban J connectivity index is 1.19. The van der Waals surface area contributed by atoms with Gasteiger partial charge < -0.3 is 8.83 Å².